The molecule has 0 saturated carbocycles. The standard InChI is InChI=1S/C6H2BrClF3NO2S/c7-5-4(9)3(15(8,13)14)1-2(12-5)6(10)11/h1,6H. The van der Waals surface area contributed by atoms with Gasteiger partial charge < -0.3 is 0 Å². The summed E-state index contributed by atoms with van der Waals surface area (Å²) in [4.78, 5) is 2.09. The van der Waals surface area contributed by atoms with Crippen molar-refractivity contribution in [3.63, 3.8) is 0 Å². The van der Waals surface area contributed by atoms with Crippen LogP contribution in [0.15, 0.2) is 15.6 Å². The van der Waals surface area contributed by atoms with Crippen LogP contribution in [-0.2, 0) is 9.05 Å². The number of hydrogen-bond acceptors (Lipinski definition) is 3. The van der Waals surface area contributed by atoms with E-state index < -0.39 is 36.5 Å². The molecule has 0 saturated heterocycles. The van der Waals surface area contributed by atoms with Crippen molar-refractivity contribution in [3.05, 3.63) is 22.2 Å². The summed E-state index contributed by atoms with van der Waals surface area (Å²) >= 11 is 2.52. The zero-order chi connectivity index (χ0) is 11.8. The highest BCUT2D eigenvalue weighted by molar-refractivity contribution is 9.10. The van der Waals surface area contributed by atoms with E-state index in [-0.39, 0.29) is 0 Å². The number of nitrogens with zero attached hydrogens (tertiary/aromatic N) is 1. The van der Waals surface area contributed by atoms with Crippen molar-refractivity contribution in [3.8, 4) is 0 Å². The molecular formula is C6H2BrClF3NO2S. The molecule has 15 heavy (non-hydrogen) atoms. The van der Waals surface area contributed by atoms with E-state index in [0.29, 0.717) is 6.07 Å². The first-order valence-electron chi connectivity index (χ1n) is 3.32. The van der Waals surface area contributed by atoms with Gasteiger partial charge in [-0.2, -0.15) is 0 Å². The topological polar surface area (TPSA) is 47.0 Å². The molecule has 0 aromatic carbocycles. The van der Waals surface area contributed by atoms with Gasteiger partial charge in [-0.25, -0.2) is 26.6 Å². The Morgan fingerprint density at radius 1 is 1.47 bits per heavy atom. The maximum Gasteiger partial charge on any atom is 0.280 e. The van der Waals surface area contributed by atoms with Gasteiger partial charge in [0.1, 0.15) is 15.2 Å². The van der Waals surface area contributed by atoms with Gasteiger partial charge in [-0.1, -0.05) is 0 Å². The number of aromatic nitrogens is 1. The number of alkyl halides is 2. The highest BCUT2D eigenvalue weighted by Gasteiger charge is 2.23. The lowest BCUT2D eigenvalue weighted by atomic mass is 10.3. The first-order chi connectivity index (χ1) is 6.73. The summed E-state index contributed by atoms with van der Waals surface area (Å²) in [6.45, 7) is 0. The summed E-state index contributed by atoms with van der Waals surface area (Å²) in [6.07, 6.45) is -3.01. The van der Waals surface area contributed by atoms with E-state index in [1.54, 1.807) is 0 Å². The fraction of sp³-hybridized carbons (Fsp3) is 0.167. The van der Waals surface area contributed by atoms with E-state index in [0.717, 1.165) is 0 Å². The molecule has 0 atom stereocenters. The molecule has 0 N–H and O–H groups in total. The molecule has 0 aliphatic rings. The van der Waals surface area contributed by atoms with Crippen molar-refractivity contribution in [2.24, 2.45) is 0 Å². The van der Waals surface area contributed by atoms with Crippen molar-refractivity contribution in [2.75, 3.05) is 0 Å². The third-order valence-electron chi connectivity index (χ3n) is 1.39. The average Bonchev–Trinajstić information content (AvgIpc) is 2.06. The molecule has 1 heterocycles. The second-order valence-electron chi connectivity index (χ2n) is 2.39. The molecule has 0 fully saturated rings. The van der Waals surface area contributed by atoms with Crippen LogP contribution in [0.1, 0.15) is 12.1 Å². The van der Waals surface area contributed by atoms with Gasteiger partial charge >= 0.3 is 0 Å². The minimum absolute atomic E-state index is 0.396. The van der Waals surface area contributed by atoms with Crippen molar-refractivity contribution in [1.82, 2.24) is 4.98 Å². The molecule has 0 spiro atoms. The predicted octanol–water partition coefficient (Wildman–Crippen LogP) is 2.85. The molecule has 1 rings (SSSR count). The monoisotopic (exact) mass is 323 g/mol. The Morgan fingerprint density at radius 3 is 2.40 bits per heavy atom. The van der Waals surface area contributed by atoms with Gasteiger partial charge in [0.05, 0.1) is 0 Å². The highest BCUT2D eigenvalue weighted by atomic mass is 79.9. The molecule has 0 amide bonds. The van der Waals surface area contributed by atoms with Crippen molar-refractivity contribution in [1.29, 1.82) is 0 Å². The largest absolute Gasteiger partial charge is 0.280 e. The van der Waals surface area contributed by atoms with E-state index in [1.165, 1.54) is 0 Å². The van der Waals surface area contributed by atoms with Gasteiger partial charge in [0.2, 0.25) is 0 Å². The molecule has 0 radical (unpaired) electrons. The number of hydrogen-bond donors (Lipinski definition) is 0. The zero-order valence-electron chi connectivity index (χ0n) is 6.72. The van der Waals surface area contributed by atoms with E-state index >= 15 is 0 Å². The van der Waals surface area contributed by atoms with E-state index in [9.17, 15) is 21.6 Å². The van der Waals surface area contributed by atoms with Crippen LogP contribution in [0.25, 0.3) is 0 Å². The van der Waals surface area contributed by atoms with Crippen LogP contribution < -0.4 is 0 Å². The SMILES string of the molecule is O=S(=O)(Cl)c1cc(C(F)F)nc(Br)c1F. The molecule has 84 valence electrons. The normalized spacial score (nSPS) is 12.1. The van der Waals surface area contributed by atoms with Crippen LogP contribution in [0.4, 0.5) is 13.2 Å². The lowest BCUT2D eigenvalue weighted by Gasteiger charge is -2.04. The molecule has 0 aliphatic carbocycles. The molecule has 1 aromatic rings. The Kier molecular flexibility index (Phi) is 3.62. The Balaban J connectivity index is 3.52. The smallest absolute Gasteiger partial charge is 0.237 e. The van der Waals surface area contributed by atoms with Crippen LogP contribution in [0, 0.1) is 5.82 Å². The summed E-state index contributed by atoms with van der Waals surface area (Å²) < 4.78 is 58.5. The first-order valence-corrected chi connectivity index (χ1v) is 6.42. The zero-order valence-corrected chi connectivity index (χ0v) is 9.87. The maximum absolute atomic E-state index is 13.1. The quantitative estimate of drug-likeness (QED) is 0.621. The summed E-state index contributed by atoms with van der Waals surface area (Å²) in [5.41, 5.74) is -0.873. The Hall–Kier alpha value is -0.340. The van der Waals surface area contributed by atoms with Crippen molar-refractivity contribution < 1.29 is 21.6 Å². The van der Waals surface area contributed by atoms with Gasteiger partial charge in [-0.15, -0.1) is 0 Å². The van der Waals surface area contributed by atoms with Crippen LogP contribution in [0.2, 0.25) is 0 Å². The third-order valence-corrected chi connectivity index (χ3v) is 3.24. The summed E-state index contributed by atoms with van der Waals surface area (Å²) in [7, 11) is 0.433. The predicted molar refractivity (Wildman–Crippen MR) is 49.9 cm³/mol. The highest BCUT2D eigenvalue weighted by Crippen LogP contribution is 2.28. The number of pyridine rings is 1. The Bertz CT molecular complexity index is 493. The van der Waals surface area contributed by atoms with Crippen LogP contribution in [-0.4, -0.2) is 13.4 Å². The minimum atomic E-state index is -4.42. The van der Waals surface area contributed by atoms with Gasteiger partial charge in [0.25, 0.3) is 15.5 Å². The number of halogens is 5. The summed E-state index contributed by atoms with van der Waals surface area (Å²) in [5.74, 6) is -1.30. The van der Waals surface area contributed by atoms with Crippen molar-refractivity contribution in [2.45, 2.75) is 11.3 Å². The van der Waals surface area contributed by atoms with Crippen molar-refractivity contribution >= 4 is 35.7 Å². The molecule has 0 aliphatic heterocycles. The average molecular weight is 325 g/mol. The Morgan fingerprint density at radius 2 is 2.00 bits per heavy atom. The number of rotatable bonds is 2. The van der Waals surface area contributed by atoms with E-state index in [1.807, 2.05) is 0 Å². The fourth-order valence-electron chi connectivity index (χ4n) is 0.783. The Labute approximate surface area is 95.8 Å². The van der Waals surface area contributed by atoms with Crippen LogP contribution in [0.3, 0.4) is 0 Å². The lowest BCUT2D eigenvalue weighted by Crippen LogP contribution is -2.02. The minimum Gasteiger partial charge on any atom is -0.237 e. The lowest BCUT2D eigenvalue weighted by molar-refractivity contribution is 0.145. The van der Waals surface area contributed by atoms with Gasteiger partial charge in [-0.3, -0.25) is 0 Å². The molecule has 1 aromatic heterocycles. The molecule has 0 bridgehead atoms. The molecule has 0 unspecified atom stereocenters. The first kappa shape index (κ1) is 12.7. The second kappa shape index (κ2) is 4.26. The molecule has 9 heteroatoms. The van der Waals surface area contributed by atoms with Crippen LogP contribution in [0.5, 0.6) is 0 Å². The van der Waals surface area contributed by atoms with Gasteiger partial charge in [-0.05, 0) is 22.0 Å². The summed E-state index contributed by atoms with van der Waals surface area (Å²) in [5, 5.41) is 0. The maximum atomic E-state index is 13.1. The van der Waals surface area contributed by atoms with E-state index in [4.69, 9.17) is 10.7 Å². The fourth-order valence-corrected chi connectivity index (χ4v) is 2.24. The third kappa shape index (κ3) is 2.82. The summed E-state index contributed by atoms with van der Waals surface area (Å²) in [6, 6.07) is 0.396. The molecule has 3 nitrogen and oxygen atoms in total. The molecular weight excluding hydrogens is 322 g/mol. The second-order valence-corrected chi connectivity index (χ2v) is 5.67. The van der Waals surface area contributed by atoms with Gasteiger partial charge in [0, 0.05) is 10.7 Å². The van der Waals surface area contributed by atoms with E-state index in [2.05, 4.69) is 20.9 Å². The van der Waals surface area contributed by atoms with Crippen LogP contribution >= 0.6 is 26.6 Å². The van der Waals surface area contributed by atoms with Gasteiger partial charge in [0.15, 0.2) is 5.82 Å².